The third-order valence-electron chi connectivity index (χ3n) is 3.43. The molecule has 5 heteroatoms. The SMILES string of the molecule is Cc1cc(N)cc(C(C)c2cc(N)c(Cl)cc2O)c1O. The second-order valence-electron chi connectivity index (χ2n) is 4.93. The van der Waals surface area contributed by atoms with Gasteiger partial charge in [0.25, 0.3) is 0 Å². The number of phenolic OH excluding ortho intramolecular Hbond substituents is 2. The molecule has 1 unspecified atom stereocenters. The summed E-state index contributed by atoms with van der Waals surface area (Å²) in [5.74, 6) is -0.0624. The topological polar surface area (TPSA) is 92.5 Å². The minimum Gasteiger partial charge on any atom is -0.508 e. The van der Waals surface area contributed by atoms with Gasteiger partial charge in [0.05, 0.1) is 10.7 Å². The number of anilines is 2. The lowest BCUT2D eigenvalue weighted by molar-refractivity contribution is 0.454. The fourth-order valence-electron chi connectivity index (χ4n) is 2.28. The number of hydrogen-bond acceptors (Lipinski definition) is 4. The van der Waals surface area contributed by atoms with E-state index in [9.17, 15) is 10.2 Å². The highest BCUT2D eigenvalue weighted by Crippen LogP contribution is 2.40. The molecule has 2 rings (SSSR count). The Bertz CT molecular complexity index is 671. The molecule has 6 N–H and O–H groups in total. The van der Waals surface area contributed by atoms with Crippen LogP contribution in [-0.2, 0) is 0 Å². The van der Waals surface area contributed by atoms with Crippen LogP contribution in [-0.4, -0.2) is 10.2 Å². The van der Waals surface area contributed by atoms with Gasteiger partial charge in [-0.3, -0.25) is 0 Å². The Morgan fingerprint density at radius 1 is 1.05 bits per heavy atom. The van der Waals surface area contributed by atoms with Gasteiger partial charge in [-0.05, 0) is 30.7 Å². The lowest BCUT2D eigenvalue weighted by Crippen LogP contribution is -2.01. The highest BCUT2D eigenvalue weighted by atomic mass is 35.5. The number of phenols is 2. The van der Waals surface area contributed by atoms with Crippen LogP contribution in [0.2, 0.25) is 5.02 Å². The number of hydrogen-bond donors (Lipinski definition) is 4. The first-order valence-corrected chi connectivity index (χ1v) is 6.56. The van der Waals surface area contributed by atoms with Gasteiger partial charge in [0.1, 0.15) is 11.5 Å². The van der Waals surface area contributed by atoms with Gasteiger partial charge in [-0.15, -0.1) is 0 Å². The van der Waals surface area contributed by atoms with Crippen LogP contribution in [0.3, 0.4) is 0 Å². The fourth-order valence-corrected chi connectivity index (χ4v) is 2.44. The largest absolute Gasteiger partial charge is 0.508 e. The van der Waals surface area contributed by atoms with Crippen molar-refractivity contribution in [3.05, 3.63) is 46.0 Å². The summed E-state index contributed by atoms with van der Waals surface area (Å²) in [5.41, 5.74) is 14.4. The molecule has 0 bridgehead atoms. The predicted molar refractivity (Wildman–Crippen MR) is 82.3 cm³/mol. The van der Waals surface area contributed by atoms with Gasteiger partial charge in [-0.1, -0.05) is 18.5 Å². The maximum absolute atomic E-state index is 10.2. The fraction of sp³-hybridized carbons (Fsp3) is 0.200. The number of rotatable bonds is 2. The van der Waals surface area contributed by atoms with Crippen LogP contribution in [0.1, 0.15) is 29.5 Å². The molecule has 106 valence electrons. The number of nitrogens with two attached hydrogens (primary N) is 2. The summed E-state index contributed by atoms with van der Waals surface area (Å²) < 4.78 is 0. The van der Waals surface area contributed by atoms with Crippen molar-refractivity contribution in [2.75, 3.05) is 11.5 Å². The van der Waals surface area contributed by atoms with Crippen LogP contribution >= 0.6 is 11.6 Å². The van der Waals surface area contributed by atoms with Gasteiger partial charge in [-0.25, -0.2) is 0 Å². The smallest absolute Gasteiger partial charge is 0.122 e. The van der Waals surface area contributed by atoms with Crippen LogP contribution in [0.15, 0.2) is 24.3 Å². The zero-order valence-electron chi connectivity index (χ0n) is 11.3. The summed E-state index contributed by atoms with van der Waals surface area (Å²) in [6.07, 6.45) is 0. The summed E-state index contributed by atoms with van der Waals surface area (Å²) in [6, 6.07) is 6.40. The molecule has 0 spiro atoms. The Balaban J connectivity index is 2.57. The molecule has 20 heavy (non-hydrogen) atoms. The summed E-state index contributed by atoms with van der Waals surface area (Å²) in [4.78, 5) is 0. The first-order chi connectivity index (χ1) is 9.31. The minimum absolute atomic E-state index is 0.0381. The van der Waals surface area contributed by atoms with E-state index in [2.05, 4.69) is 0 Å². The van der Waals surface area contributed by atoms with Gasteiger partial charge < -0.3 is 21.7 Å². The molecule has 1 atom stereocenters. The maximum Gasteiger partial charge on any atom is 0.122 e. The van der Waals surface area contributed by atoms with Crippen LogP contribution in [0.4, 0.5) is 11.4 Å². The summed E-state index contributed by atoms with van der Waals surface area (Å²) in [5, 5.41) is 20.5. The Labute approximate surface area is 122 Å². The Morgan fingerprint density at radius 2 is 1.70 bits per heavy atom. The van der Waals surface area contributed by atoms with Crippen molar-refractivity contribution in [1.82, 2.24) is 0 Å². The lowest BCUT2D eigenvalue weighted by atomic mass is 9.90. The average molecular weight is 293 g/mol. The summed E-state index contributed by atoms with van der Waals surface area (Å²) >= 11 is 5.86. The minimum atomic E-state index is -0.267. The first kappa shape index (κ1) is 14.3. The highest BCUT2D eigenvalue weighted by Gasteiger charge is 2.19. The van der Waals surface area contributed by atoms with E-state index in [4.69, 9.17) is 23.1 Å². The molecule has 0 aliphatic carbocycles. The molecule has 2 aromatic rings. The molecule has 4 nitrogen and oxygen atoms in total. The number of benzene rings is 2. The van der Waals surface area contributed by atoms with Crippen LogP contribution in [0, 0.1) is 6.92 Å². The van der Waals surface area contributed by atoms with Crippen LogP contribution in [0.5, 0.6) is 11.5 Å². The molecular formula is C15H17ClN2O2. The second kappa shape index (κ2) is 5.13. The second-order valence-corrected chi connectivity index (χ2v) is 5.34. The molecule has 0 aromatic heterocycles. The molecule has 0 amide bonds. The maximum atomic E-state index is 10.2. The molecular weight excluding hydrogens is 276 g/mol. The van der Waals surface area contributed by atoms with Crippen molar-refractivity contribution in [3.63, 3.8) is 0 Å². The molecule has 0 saturated carbocycles. The number of aryl methyl sites for hydroxylation is 1. The zero-order chi connectivity index (χ0) is 15.0. The van der Waals surface area contributed by atoms with Crippen molar-refractivity contribution < 1.29 is 10.2 Å². The predicted octanol–water partition coefficient (Wildman–Crippen LogP) is 3.38. The third-order valence-corrected chi connectivity index (χ3v) is 3.76. The van der Waals surface area contributed by atoms with E-state index >= 15 is 0 Å². The van der Waals surface area contributed by atoms with E-state index in [1.54, 1.807) is 25.1 Å². The van der Waals surface area contributed by atoms with Gasteiger partial charge in [0.15, 0.2) is 0 Å². The number of halogens is 1. The average Bonchev–Trinajstić information content (AvgIpc) is 2.37. The van der Waals surface area contributed by atoms with E-state index in [0.717, 1.165) is 0 Å². The quantitative estimate of drug-likeness (QED) is 0.504. The van der Waals surface area contributed by atoms with Crippen molar-refractivity contribution in [1.29, 1.82) is 0 Å². The van der Waals surface area contributed by atoms with Crippen molar-refractivity contribution in [3.8, 4) is 11.5 Å². The molecule has 0 aliphatic rings. The molecule has 0 fully saturated rings. The molecule has 0 radical (unpaired) electrons. The van der Waals surface area contributed by atoms with E-state index in [1.807, 2.05) is 6.92 Å². The molecule has 0 aliphatic heterocycles. The van der Waals surface area contributed by atoms with Gasteiger partial charge in [0.2, 0.25) is 0 Å². The van der Waals surface area contributed by atoms with E-state index in [0.29, 0.717) is 33.1 Å². The van der Waals surface area contributed by atoms with Crippen LogP contribution < -0.4 is 11.5 Å². The van der Waals surface area contributed by atoms with Gasteiger partial charge in [0, 0.05) is 28.8 Å². The first-order valence-electron chi connectivity index (χ1n) is 6.18. The lowest BCUT2D eigenvalue weighted by Gasteiger charge is -2.18. The Hall–Kier alpha value is -2.07. The van der Waals surface area contributed by atoms with Crippen LogP contribution in [0.25, 0.3) is 0 Å². The van der Waals surface area contributed by atoms with E-state index in [1.165, 1.54) is 6.07 Å². The Kier molecular flexibility index (Phi) is 3.68. The highest BCUT2D eigenvalue weighted by molar-refractivity contribution is 6.33. The summed E-state index contributed by atoms with van der Waals surface area (Å²) in [6.45, 7) is 3.63. The van der Waals surface area contributed by atoms with E-state index < -0.39 is 0 Å². The Morgan fingerprint density at radius 3 is 2.35 bits per heavy atom. The van der Waals surface area contributed by atoms with Crippen molar-refractivity contribution in [2.24, 2.45) is 0 Å². The molecule has 0 heterocycles. The number of aromatic hydroxyl groups is 2. The van der Waals surface area contributed by atoms with E-state index in [-0.39, 0.29) is 17.4 Å². The van der Waals surface area contributed by atoms with Gasteiger partial charge >= 0.3 is 0 Å². The zero-order valence-corrected chi connectivity index (χ0v) is 12.1. The normalized spacial score (nSPS) is 12.3. The van der Waals surface area contributed by atoms with Crippen molar-refractivity contribution >= 4 is 23.0 Å². The van der Waals surface area contributed by atoms with Crippen molar-refractivity contribution in [2.45, 2.75) is 19.8 Å². The summed E-state index contributed by atoms with van der Waals surface area (Å²) in [7, 11) is 0. The van der Waals surface area contributed by atoms with Gasteiger partial charge in [-0.2, -0.15) is 0 Å². The molecule has 0 saturated heterocycles. The third kappa shape index (κ3) is 2.47. The monoisotopic (exact) mass is 292 g/mol. The number of nitrogen functional groups attached to an aromatic ring is 2. The molecule has 2 aromatic carbocycles. The standard InChI is InChI=1S/C15H17ClN2O2/c1-7-3-9(17)4-11(15(7)20)8(2)10-5-13(18)12(16)6-14(10)19/h3-6,8,19-20H,17-18H2,1-2H3.